The summed E-state index contributed by atoms with van der Waals surface area (Å²) in [5.41, 5.74) is 1.14. The molecule has 1 radical (unpaired) electrons. The van der Waals surface area contributed by atoms with Crippen LogP contribution in [0.2, 0.25) is 5.02 Å². The van der Waals surface area contributed by atoms with Gasteiger partial charge in [0.25, 0.3) is 0 Å². The summed E-state index contributed by atoms with van der Waals surface area (Å²) < 4.78 is 6.03. The van der Waals surface area contributed by atoms with Crippen molar-refractivity contribution in [3.05, 3.63) is 41.9 Å². The Labute approximate surface area is 145 Å². The third-order valence-corrected chi connectivity index (χ3v) is 4.50. The molecule has 0 aromatic heterocycles. The van der Waals surface area contributed by atoms with Crippen molar-refractivity contribution in [2.45, 2.75) is 31.8 Å². The van der Waals surface area contributed by atoms with Crippen LogP contribution in [0.3, 0.4) is 0 Å². The van der Waals surface area contributed by atoms with E-state index in [0.717, 1.165) is 62.8 Å². The second kappa shape index (κ2) is 9.96. The number of nitrogens with zero attached hydrogens (tertiary/aromatic N) is 2. The van der Waals surface area contributed by atoms with Gasteiger partial charge in [-0.25, -0.2) is 0 Å². The molecule has 1 fully saturated rings. The fourth-order valence-electron chi connectivity index (χ4n) is 2.90. The summed E-state index contributed by atoms with van der Waals surface area (Å²) in [6.07, 6.45) is 6.85. The van der Waals surface area contributed by atoms with Crippen molar-refractivity contribution in [1.29, 1.82) is 0 Å². The number of hydrogen-bond acceptors (Lipinski definition) is 3. The molecule has 2 rings (SSSR count). The molecule has 1 aliphatic heterocycles. The molecule has 0 aliphatic carbocycles. The number of anilines is 1. The Morgan fingerprint density at radius 3 is 2.83 bits per heavy atom. The maximum atomic E-state index is 6.03. The second-order valence-electron chi connectivity index (χ2n) is 6.21. The molecule has 127 valence electrons. The molecule has 0 amide bonds. The summed E-state index contributed by atoms with van der Waals surface area (Å²) in [5.74, 6) is 0. The van der Waals surface area contributed by atoms with E-state index in [1.165, 1.54) is 6.42 Å². The number of ether oxygens (including phenoxy) is 1. The Bertz CT molecular complexity index is 455. The van der Waals surface area contributed by atoms with Gasteiger partial charge >= 0.3 is 0 Å². The van der Waals surface area contributed by atoms with Gasteiger partial charge in [-0.15, -0.1) is 6.58 Å². The van der Waals surface area contributed by atoms with E-state index in [4.69, 9.17) is 16.3 Å². The maximum Gasteiger partial charge on any atom is 0.0608 e. The number of piperidine rings is 1. The fraction of sp³-hybridized carbons (Fsp3) is 0.579. The third-order valence-electron chi connectivity index (χ3n) is 4.27. The highest BCUT2D eigenvalue weighted by molar-refractivity contribution is 6.30. The summed E-state index contributed by atoms with van der Waals surface area (Å²) in [5, 5.41) is 0.741. The van der Waals surface area contributed by atoms with Gasteiger partial charge in [0, 0.05) is 43.0 Å². The molecule has 1 aromatic carbocycles. The Morgan fingerprint density at radius 2 is 2.17 bits per heavy atom. The van der Waals surface area contributed by atoms with E-state index in [-0.39, 0.29) is 0 Å². The molecule has 0 spiro atoms. The van der Waals surface area contributed by atoms with E-state index < -0.39 is 0 Å². The third kappa shape index (κ3) is 6.54. The quantitative estimate of drug-likeness (QED) is 0.500. The molecule has 0 unspecified atom stereocenters. The number of benzene rings is 1. The highest BCUT2D eigenvalue weighted by atomic mass is 35.5. The lowest BCUT2D eigenvalue weighted by Crippen LogP contribution is -2.37. The molecule has 0 bridgehead atoms. The molecule has 1 heterocycles. The fourth-order valence-corrected chi connectivity index (χ4v) is 3.02. The van der Waals surface area contributed by atoms with Gasteiger partial charge < -0.3 is 14.5 Å². The summed E-state index contributed by atoms with van der Waals surface area (Å²) in [6.45, 7) is 8.77. The van der Waals surface area contributed by atoms with Gasteiger partial charge in [-0.1, -0.05) is 17.7 Å². The minimum atomic E-state index is 0.407. The first-order valence-corrected chi connectivity index (χ1v) is 8.90. The van der Waals surface area contributed by atoms with Crippen molar-refractivity contribution >= 4 is 17.3 Å². The van der Waals surface area contributed by atoms with Crippen LogP contribution in [0.15, 0.2) is 30.9 Å². The van der Waals surface area contributed by atoms with Gasteiger partial charge in [-0.3, -0.25) is 0 Å². The van der Waals surface area contributed by atoms with E-state index in [0.29, 0.717) is 6.10 Å². The standard InChI is InChI=1S/C19H28ClN2O/c1-3-12-21(2)13-4-5-16-23-19-10-14-22(15-11-19)18-8-6-17(20)7-9-18/h3,6-8,19H,1,4-5,10-16H2,2H3. The number of hydrogen-bond donors (Lipinski definition) is 0. The number of halogens is 1. The minimum Gasteiger partial charge on any atom is -0.378 e. The zero-order valence-corrected chi connectivity index (χ0v) is 14.9. The van der Waals surface area contributed by atoms with Crippen molar-refractivity contribution in [2.24, 2.45) is 0 Å². The van der Waals surface area contributed by atoms with E-state index >= 15 is 0 Å². The van der Waals surface area contributed by atoms with Crippen LogP contribution in [-0.4, -0.2) is 50.8 Å². The largest absolute Gasteiger partial charge is 0.378 e. The van der Waals surface area contributed by atoms with Crippen LogP contribution in [-0.2, 0) is 4.74 Å². The number of likely N-dealkylation sites (N-methyl/N-ethyl adjacent to an activating group) is 1. The average Bonchev–Trinajstić information content (AvgIpc) is 2.56. The highest BCUT2D eigenvalue weighted by Crippen LogP contribution is 2.22. The van der Waals surface area contributed by atoms with Crippen LogP contribution < -0.4 is 4.90 Å². The van der Waals surface area contributed by atoms with Crippen LogP contribution in [0.1, 0.15) is 25.7 Å². The topological polar surface area (TPSA) is 15.7 Å². The van der Waals surface area contributed by atoms with E-state index in [1.807, 2.05) is 24.3 Å². The predicted molar refractivity (Wildman–Crippen MR) is 98.4 cm³/mol. The van der Waals surface area contributed by atoms with Crippen molar-refractivity contribution < 1.29 is 4.74 Å². The van der Waals surface area contributed by atoms with Gasteiger partial charge in [0.15, 0.2) is 0 Å². The van der Waals surface area contributed by atoms with Crippen LogP contribution in [0.25, 0.3) is 0 Å². The summed E-state index contributed by atoms with van der Waals surface area (Å²) in [4.78, 5) is 4.65. The van der Waals surface area contributed by atoms with Gasteiger partial charge in [0.1, 0.15) is 0 Å². The monoisotopic (exact) mass is 335 g/mol. The van der Waals surface area contributed by atoms with Gasteiger partial charge in [0.05, 0.1) is 6.10 Å². The number of rotatable bonds is 9. The van der Waals surface area contributed by atoms with Gasteiger partial charge in [-0.05, 0) is 57.5 Å². The zero-order valence-electron chi connectivity index (χ0n) is 14.1. The second-order valence-corrected chi connectivity index (χ2v) is 6.64. The lowest BCUT2D eigenvalue weighted by Gasteiger charge is -2.33. The first kappa shape index (κ1) is 18.3. The first-order chi connectivity index (χ1) is 11.2. The molecule has 23 heavy (non-hydrogen) atoms. The minimum absolute atomic E-state index is 0.407. The smallest absolute Gasteiger partial charge is 0.0608 e. The lowest BCUT2D eigenvalue weighted by atomic mass is 10.1. The highest BCUT2D eigenvalue weighted by Gasteiger charge is 2.19. The molecule has 3 nitrogen and oxygen atoms in total. The van der Waals surface area contributed by atoms with Gasteiger partial charge in [0.2, 0.25) is 0 Å². The molecular formula is C19H28ClN2O. The average molecular weight is 336 g/mol. The zero-order chi connectivity index (χ0) is 16.5. The Hall–Kier alpha value is -1.03. The van der Waals surface area contributed by atoms with E-state index in [1.54, 1.807) is 0 Å². The summed E-state index contributed by atoms with van der Waals surface area (Å²) in [7, 11) is 2.13. The summed E-state index contributed by atoms with van der Waals surface area (Å²) >= 11 is 5.92. The van der Waals surface area contributed by atoms with Crippen molar-refractivity contribution in [3.63, 3.8) is 0 Å². The SMILES string of the molecule is C=CCN(C)CCCCOC1CCN(c2[c]cc(Cl)cc2)CC1. The van der Waals surface area contributed by atoms with Crippen molar-refractivity contribution in [2.75, 3.05) is 44.7 Å². The predicted octanol–water partition coefficient (Wildman–Crippen LogP) is 4.02. The van der Waals surface area contributed by atoms with E-state index in [2.05, 4.69) is 29.5 Å². The maximum absolute atomic E-state index is 6.03. The van der Waals surface area contributed by atoms with Crippen molar-refractivity contribution in [1.82, 2.24) is 4.90 Å². The molecule has 1 aromatic rings. The van der Waals surface area contributed by atoms with E-state index in [9.17, 15) is 0 Å². The lowest BCUT2D eigenvalue weighted by molar-refractivity contribution is 0.0342. The Balaban J connectivity index is 1.58. The Morgan fingerprint density at radius 1 is 1.39 bits per heavy atom. The molecule has 4 heteroatoms. The first-order valence-electron chi connectivity index (χ1n) is 8.52. The summed E-state index contributed by atoms with van der Waals surface area (Å²) in [6, 6.07) is 9.05. The number of unbranched alkanes of at least 4 members (excludes halogenated alkanes) is 1. The van der Waals surface area contributed by atoms with Gasteiger partial charge in [-0.2, -0.15) is 0 Å². The van der Waals surface area contributed by atoms with Crippen LogP contribution in [0.4, 0.5) is 5.69 Å². The molecule has 0 saturated carbocycles. The van der Waals surface area contributed by atoms with Crippen molar-refractivity contribution in [3.8, 4) is 0 Å². The molecule has 1 aliphatic rings. The van der Waals surface area contributed by atoms with Crippen LogP contribution in [0.5, 0.6) is 0 Å². The van der Waals surface area contributed by atoms with Crippen LogP contribution >= 0.6 is 11.6 Å². The van der Waals surface area contributed by atoms with Crippen LogP contribution in [0, 0.1) is 6.07 Å². The molecule has 0 N–H and O–H groups in total. The normalized spacial score (nSPS) is 16.0. The molecular weight excluding hydrogens is 308 g/mol. The Kier molecular flexibility index (Phi) is 7.93. The molecule has 1 saturated heterocycles. The molecule has 0 atom stereocenters.